The highest BCUT2D eigenvalue weighted by Gasteiger charge is 2.25. The minimum atomic E-state index is -0.252. The van der Waals surface area contributed by atoms with E-state index in [4.69, 9.17) is 4.74 Å². The highest BCUT2D eigenvalue weighted by Crippen LogP contribution is 2.38. The average molecular weight is 337 g/mol. The molecule has 0 bridgehead atoms. The maximum Gasteiger partial charge on any atom is 0.262 e. The Morgan fingerprint density at radius 1 is 1.36 bits per heavy atom. The molecule has 2 heterocycles. The van der Waals surface area contributed by atoms with Gasteiger partial charge in [0.2, 0.25) is 5.88 Å². The summed E-state index contributed by atoms with van der Waals surface area (Å²) in [7, 11) is 3.25. The first-order chi connectivity index (χ1) is 12.2. The van der Waals surface area contributed by atoms with Crippen molar-refractivity contribution >= 4 is 11.6 Å². The number of anilines is 1. The summed E-state index contributed by atoms with van der Waals surface area (Å²) < 4.78 is 8.91. The van der Waals surface area contributed by atoms with Gasteiger partial charge >= 0.3 is 0 Å². The van der Waals surface area contributed by atoms with Crippen LogP contribution in [0.1, 0.15) is 29.2 Å². The number of nitrogens with zero attached hydrogens (tertiary/aromatic N) is 4. The molecule has 0 radical (unpaired) electrons. The lowest BCUT2D eigenvalue weighted by molar-refractivity contribution is 0.102. The van der Waals surface area contributed by atoms with Crippen LogP contribution in [-0.4, -0.2) is 32.3 Å². The Morgan fingerprint density at radius 2 is 2.20 bits per heavy atom. The molecule has 1 aliphatic rings. The van der Waals surface area contributed by atoms with E-state index < -0.39 is 0 Å². The quantitative estimate of drug-likeness (QED) is 0.777. The number of methoxy groups -OCH3 is 1. The molecule has 1 aromatic carbocycles. The molecule has 0 spiro atoms. The van der Waals surface area contributed by atoms with Gasteiger partial charge in [0, 0.05) is 30.5 Å². The van der Waals surface area contributed by atoms with Crippen molar-refractivity contribution in [1.82, 2.24) is 19.3 Å². The fraction of sp³-hybridized carbons (Fsp3) is 0.278. The fourth-order valence-electron chi connectivity index (χ4n) is 2.90. The number of carbonyl (C=O) groups is 1. The molecule has 1 N–H and O–H groups in total. The van der Waals surface area contributed by atoms with E-state index in [1.54, 1.807) is 17.9 Å². The van der Waals surface area contributed by atoms with E-state index in [0.717, 1.165) is 16.9 Å². The van der Waals surface area contributed by atoms with Crippen molar-refractivity contribution in [3.63, 3.8) is 0 Å². The molecular weight excluding hydrogens is 318 g/mol. The normalized spacial score (nSPS) is 13.7. The van der Waals surface area contributed by atoms with Crippen molar-refractivity contribution in [2.45, 2.75) is 18.9 Å². The van der Waals surface area contributed by atoms with Gasteiger partial charge in [-0.1, -0.05) is 12.1 Å². The second-order valence-corrected chi connectivity index (χ2v) is 6.18. The van der Waals surface area contributed by atoms with Gasteiger partial charge < -0.3 is 14.6 Å². The Labute approximate surface area is 145 Å². The van der Waals surface area contributed by atoms with Crippen molar-refractivity contribution in [3.05, 3.63) is 48.5 Å². The predicted octanol–water partition coefficient (Wildman–Crippen LogP) is 2.88. The minimum Gasteiger partial charge on any atom is -0.479 e. The van der Waals surface area contributed by atoms with Gasteiger partial charge in [0.05, 0.1) is 25.3 Å². The van der Waals surface area contributed by atoms with E-state index in [1.165, 1.54) is 20.0 Å². The molecule has 3 aromatic rings. The molecule has 0 atom stereocenters. The molecule has 128 valence electrons. The first-order valence-electron chi connectivity index (χ1n) is 8.17. The number of rotatable bonds is 5. The molecule has 2 aromatic heterocycles. The maximum atomic E-state index is 12.5. The molecule has 1 saturated carbocycles. The summed E-state index contributed by atoms with van der Waals surface area (Å²) in [5, 5.41) is 7.02. The van der Waals surface area contributed by atoms with Gasteiger partial charge in [0.1, 0.15) is 5.56 Å². The third-order valence-electron chi connectivity index (χ3n) is 4.26. The molecule has 7 nitrogen and oxygen atoms in total. The topological polar surface area (TPSA) is 74.0 Å². The standard InChI is InChI=1S/C18H19N5O2/c1-22-10-15(18(21-22)25-2)17(24)20-13-5-3-4-12(8-13)16-9-19-11-23(16)14-6-7-14/h3-5,8-11,14H,6-7H2,1-2H3,(H,20,24). The van der Waals surface area contributed by atoms with E-state index in [2.05, 4.69) is 20.0 Å². The third-order valence-corrected chi connectivity index (χ3v) is 4.26. The molecule has 0 saturated heterocycles. The Bertz CT molecular complexity index is 923. The monoisotopic (exact) mass is 337 g/mol. The van der Waals surface area contributed by atoms with Crippen molar-refractivity contribution < 1.29 is 9.53 Å². The molecule has 1 aliphatic carbocycles. The third kappa shape index (κ3) is 3.00. The van der Waals surface area contributed by atoms with Gasteiger partial charge in [0.15, 0.2) is 0 Å². The van der Waals surface area contributed by atoms with Gasteiger partial charge in [-0.15, -0.1) is 5.10 Å². The average Bonchev–Trinajstić information content (AvgIpc) is 3.20. The Hall–Kier alpha value is -3.09. The summed E-state index contributed by atoms with van der Waals surface area (Å²) in [5.41, 5.74) is 3.22. The highest BCUT2D eigenvalue weighted by molar-refractivity contribution is 6.05. The number of aryl methyl sites for hydroxylation is 1. The van der Waals surface area contributed by atoms with Gasteiger partial charge in [0.25, 0.3) is 5.91 Å². The van der Waals surface area contributed by atoms with Crippen molar-refractivity contribution in [3.8, 4) is 17.1 Å². The number of benzene rings is 1. The van der Waals surface area contributed by atoms with Crippen molar-refractivity contribution in [2.24, 2.45) is 7.05 Å². The zero-order chi connectivity index (χ0) is 17.4. The Morgan fingerprint density at radius 3 is 2.96 bits per heavy atom. The summed E-state index contributed by atoms with van der Waals surface area (Å²) in [4.78, 5) is 16.8. The minimum absolute atomic E-state index is 0.252. The maximum absolute atomic E-state index is 12.5. The van der Waals surface area contributed by atoms with Crippen LogP contribution in [0, 0.1) is 0 Å². The number of ether oxygens (including phenoxy) is 1. The van der Waals surface area contributed by atoms with Crippen LogP contribution in [0.25, 0.3) is 11.3 Å². The van der Waals surface area contributed by atoms with Gasteiger partial charge in [-0.05, 0) is 25.0 Å². The van der Waals surface area contributed by atoms with Crippen molar-refractivity contribution in [2.75, 3.05) is 12.4 Å². The molecule has 4 rings (SSSR count). The van der Waals surface area contributed by atoms with Gasteiger partial charge in [-0.25, -0.2) is 4.98 Å². The second-order valence-electron chi connectivity index (χ2n) is 6.18. The van der Waals surface area contributed by atoms with Crippen LogP contribution in [-0.2, 0) is 7.05 Å². The Balaban J connectivity index is 1.59. The van der Waals surface area contributed by atoms with E-state index in [0.29, 0.717) is 17.5 Å². The lowest BCUT2D eigenvalue weighted by Gasteiger charge is -2.09. The zero-order valence-corrected chi connectivity index (χ0v) is 14.1. The van der Waals surface area contributed by atoms with Crippen LogP contribution in [0.4, 0.5) is 5.69 Å². The Kier molecular flexibility index (Phi) is 3.76. The van der Waals surface area contributed by atoms with Crippen LogP contribution < -0.4 is 10.1 Å². The number of amides is 1. The van der Waals surface area contributed by atoms with E-state index in [9.17, 15) is 4.79 Å². The van der Waals surface area contributed by atoms with Crippen LogP contribution in [0.2, 0.25) is 0 Å². The van der Waals surface area contributed by atoms with E-state index in [-0.39, 0.29) is 5.91 Å². The number of hydrogen-bond acceptors (Lipinski definition) is 4. The van der Waals surface area contributed by atoms with E-state index >= 15 is 0 Å². The van der Waals surface area contributed by atoms with Gasteiger partial charge in [-0.3, -0.25) is 9.48 Å². The number of hydrogen-bond donors (Lipinski definition) is 1. The number of nitrogens with one attached hydrogen (secondary N) is 1. The first kappa shape index (κ1) is 15.4. The van der Waals surface area contributed by atoms with Crippen molar-refractivity contribution in [1.29, 1.82) is 0 Å². The smallest absolute Gasteiger partial charge is 0.262 e. The number of carbonyl (C=O) groups excluding carboxylic acids is 1. The number of imidazole rings is 1. The SMILES string of the molecule is COc1nn(C)cc1C(=O)Nc1cccc(-c2cncn2C2CC2)c1. The van der Waals surface area contributed by atoms with Crippen LogP contribution in [0.3, 0.4) is 0 Å². The zero-order valence-electron chi connectivity index (χ0n) is 14.1. The molecule has 7 heteroatoms. The molecule has 0 unspecified atom stereocenters. The van der Waals surface area contributed by atoms with Crippen LogP contribution in [0.5, 0.6) is 5.88 Å². The highest BCUT2D eigenvalue weighted by atomic mass is 16.5. The molecular formula is C18H19N5O2. The molecule has 1 amide bonds. The molecule has 1 fully saturated rings. The summed E-state index contributed by atoms with van der Waals surface area (Å²) in [6.07, 6.45) is 7.77. The summed E-state index contributed by atoms with van der Waals surface area (Å²) in [6, 6.07) is 8.32. The molecule has 25 heavy (non-hydrogen) atoms. The van der Waals surface area contributed by atoms with Crippen LogP contribution in [0.15, 0.2) is 43.0 Å². The largest absolute Gasteiger partial charge is 0.479 e. The van der Waals surface area contributed by atoms with Crippen LogP contribution >= 0.6 is 0 Å². The first-order valence-corrected chi connectivity index (χ1v) is 8.17. The molecule has 0 aliphatic heterocycles. The summed E-state index contributed by atoms with van der Waals surface area (Å²) in [5.74, 6) is 0.0563. The fourth-order valence-corrected chi connectivity index (χ4v) is 2.90. The van der Waals surface area contributed by atoms with E-state index in [1.807, 2.05) is 36.8 Å². The number of aromatic nitrogens is 4. The lowest BCUT2D eigenvalue weighted by atomic mass is 10.1. The van der Waals surface area contributed by atoms with Gasteiger partial charge in [-0.2, -0.15) is 0 Å². The second kappa shape index (κ2) is 6.08. The predicted molar refractivity (Wildman–Crippen MR) is 93.6 cm³/mol. The summed E-state index contributed by atoms with van der Waals surface area (Å²) >= 11 is 0. The summed E-state index contributed by atoms with van der Waals surface area (Å²) in [6.45, 7) is 0. The lowest BCUT2D eigenvalue weighted by Crippen LogP contribution is -2.12.